The molecule has 1 heterocycles. The smallest absolute Gasteiger partial charge is 0.225 e. The van der Waals surface area contributed by atoms with Crippen molar-refractivity contribution in [1.29, 1.82) is 0 Å². The van der Waals surface area contributed by atoms with Crippen molar-refractivity contribution in [2.24, 2.45) is 11.8 Å². The van der Waals surface area contributed by atoms with Gasteiger partial charge in [0.05, 0.1) is 6.26 Å². The van der Waals surface area contributed by atoms with Gasteiger partial charge in [-0.05, 0) is 31.6 Å². The van der Waals surface area contributed by atoms with Gasteiger partial charge in [-0.25, -0.2) is 12.7 Å². The van der Waals surface area contributed by atoms with E-state index in [1.807, 2.05) is 4.90 Å². The minimum atomic E-state index is -3.14. The lowest BCUT2D eigenvalue weighted by Crippen LogP contribution is -2.46. The number of hydrogen-bond acceptors (Lipinski definition) is 3. The van der Waals surface area contributed by atoms with Crippen molar-refractivity contribution < 1.29 is 13.2 Å². The molecule has 2 fully saturated rings. The summed E-state index contributed by atoms with van der Waals surface area (Å²) in [5, 5.41) is 0. The molecule has 1 aliphatic carbocycles. The molecule has 0 radical (unpaired) electrons. The first-order valence-electron chi connectivity index (χ1n) is 8.58. The minimum Gasteiger partial charge on any atom is -0.342 e. The molecule has 0 spiro atoms. The molecule has 2 rings (SSSR count). The zero-order valence-electron chi connectivity index (χ0n) is 14.0. The van der Waals surface area contributed by atoms with Gasteiger partial charge >= 0.3 is 0 Å². The molecule has 0 bridgehead atoms. The molecule has 0 aromatic rings. The third-order valence-electron chi connectivity index (χ3n) is 5.12. The Balaban J connectivity index is 1.90. The van der Waals surface area contributed by atoms with E-state index in [2.05, 4.69) is 0 Å². The average Bonchev–Trinajstić information content (AvgIpc) is 2.75. The highest BCUT2D eigenvalue weighted by Gasteiger charge is 2.30. The first-order valence-corrected chi connectivity index (χ1v) is 10.4. The van der Waals surface area contributed by atoms with E-state index in [1.165, 1.54) is 36.2 Å². The lowest BCUT2D eigenvalue weighted by Gasteiger charge is -2.36. The monoisotopic (exact) mass is 330 g/mol. The molecule has 1 saturated carbocycles. The number of rotatable bonds is 4. The van der Waals surface area contributed by atoms with Crippen LogP contribution in [-0.4, -0.2) is 56.5 Å². The second-order valence-electron chi connectivity index (χ2n) is 7.02. The number of likely N-dealkylation sites (tertiary alicyclic amines) is 1. The summed E-state index contributed by atoms with van der Waals surface area (Å²) < 4.78 is 24.5. The van der Waals surface area contributed by atoms with Crippen LogP contribution in [-0.2, 0) is 14.8 Å². The normalized spacial score (nSPS) is 25.2. The zero-order chi connectivity index (χ0) is 16.2. The topological polar surface area (TPSA) is 57.7 Å². The standard InChI is InChI=1S/C16H30N2O3S/c1-17(22(2,20)21)12-14-8-7-11-18(13-14)16(19)15-9-5-3-4-6-10-15/h14-15H,3-13H2,1-2H3. The van der Waals surface area contributed by atoms with Crippen molar-refractivity contribution in [3.8, 4) is 0 Å². The Hall–Kier alpha value is -0.620. The summed E-state index contributed by atoms with van der Waals surface area (Å²) in [6, 6.07) is 0. The van der Waals surface area contributed by atoms with E-state index in [9.17, 15) is 13.2 Å². The Morgan fingerprint density at radius 1 is 1.09 bits per heavy atom. The predicted molar refractivity (Wildman–Crippen MR) is 88.0 cm³/mol. The zero-order valence-corrected chi connectivity index (χ0v) is 14.8. The van der Waals surface area contributed by atoms with Gasteiger partial charge in [0.25, 0.3) is 0 Å². The summed E-state index contributed by atoms with van der Waals surface area (Å²) >= 11 is 0. The van der Waals surface area contributed by atoms with E-state index < -0.39 is 10.0 Å². The molecule has 0 N–H and O–H groups in total. The Bertz CT molecular complexity index is 470. The highest BCUT2D eigenvalue weighted by molar-refractivity contribution is 7.88. The Labute approximate surface area is 135 Å². The fourth-order valence-electron chi connectivity index (χ4n) is 3.70. The van der Waals surface area contributed by atoms with Crippen LogP contribution in [0.4, 0.5) is 0 Å². The summed E-state index contributed by atoms with van der Waals surface area (Å²) in [5.74, 6) is 0.783. The lowest BCUT2D eigenvalue weighted by molar-refractivity contribution is -0.137. The van der Waals surface area contributed by atoms with E-state index in [0.29, 0.717) is 12.5 Å². The Morgan fingerprint density at radius 3 is 2.32 bits per heavy atom. The third-order valence-corrected chi connectivity index (χ3v) is 6.40. The fourth-order valence-corrected chi connectivity index (χ4v) is 4.18. The number of nitrogens with zero attached hydrogens (tertiary/aromatic N) is 2. The summed E-state index contributed by atoms with van der Waals surface area (Å²) in [7, 11) is -1.51. The number of hydrogen-bond donors (Lipinski definition) is 0. The molecule has 0 aromatic carbocycles. The van der Waals surface area contributed by atoms with Gasteiger partial charge in [0.1, 0.15) is 0 Å². The van der Waals surface area contributed by atoms with Crippen molar-refractivity contribution >= 4 is 15.9 Å². The van der Waals surface area contributed by atoms with Crippen molar-refractivity contribution in [2.45, 2.75) is 51.4 Å². The number of carbonyl (C=O) groups is 1. The molecule has 22 heavy (non-hydrogen) atoms. The maximum absolute atomic E-state index is 12.7. The van der Waals surface area contributed by atoms with Crippen molar-refractivity contribution in [3.05, 3.63) is 0 Å². The first kappa shape index (κ1) is 17.7. The number of sulfonamides is 1. The minimum absolute atomic E-state index is 0.203. The van der Waals surface area contributed by atoms with Gasteiger partial charge < -0.3 is 4.90 Å². The van der Waals surface area contributed by atoms with Crippen molar-refractivity contribution in [1.82, 2.24) is 9.21 Å². The summed E-state index contributed by atoms with van der Waals surface area (Å²) in [5.41, 5.74) is 0. The van der Waals surface area contributed by atoms with Crippen LogP contribution in [0, 0.1) is 11.8 Å². The van der Waals surface area contributed by atoms with Crippen LogP contribution in [0.25, 0.3) is 0 Å². The van der Waals surface area contributed by atoms with Crippen LogP contribution in [0.2, 0.25) is 0 Å². The molecule has 6 heteroatoms. The number of piperidine rings is 1. The Morgan fingerprint density at radius 2 is 1.73 bits per heavy atom. The van der Waals surface area contributed by atoms with Crippen molar-refractivity contribution in [2.75, 3.05) is 32.9 Å². The van der Waals surface area contributed by atoms with Gasteiger partial charge in [0.15, 0.2) is 0 Å². The maximum atomic E-state index is 12.7. The van der Waals surface area contributed by atoms with Crippen LogP contribution in [0.15, 0.2) is 0 Å². The van der Waals surface area contributed by atoms with Crippen LogP contribution in [0.3, 0.4) is 0 Å². The van der Waals surface area contributed by atoms with E-state index >= 15 is 0 Å². The molecule has 1 amide bonds. The molecule has 5 nitrogen and oxygen atoms in total. The Kier molecular flexibility index (Phi) is 6.26. The highest BCUT2D eigenvalue weighted by atomic mass is 32.2. The van der Waals surface area contributed by atoms with Gasteiger partial charge in [-0.3, -0.25) is 4.79 Å². The van der Waals surface area contributed by atoms with Gasteiger partial charge in [-0.2, -0.15) is 0 Å². The van der Waals surface area contributed by atoms with E-state index in [-0.39, 0.29) is 11.8 Å². The van der Waals surface area contributed by atoms with Gasteiger partial charge in [0, 0.05) is 32.6 Å². The van der Waals surface area contributed by atoms with E-state index in [0.717, 1.165) is 38.8 Å². The van der Waals surface area contributed by atoms with Crippen LogP contribution >= 0.6 is 0 Å². The van der Waals surface area contributed by atoms with Crippen LogP contribution < -0.4 is 0 Å². The quantitative estimate of drug-likeness (QED) is 0.742. The highest BCUT2D eigenvalue weighted by Crippen LogP contribution is 2.27. The van der Waals surface area contributed by atoms with Gasteiger partial charge in [-0.15, -0.1) is 0 Å². The molecule has 0 aromatic heterocycles. The molecule has 1 aliphatic heterocycles. The van der Waals surface area contributed by atoms with E-state index in [4.69, 9.17) is 0 Å². The summed E-state index contributed by atoms with van der Waals surface area (Å²) in [6.45, 7) is 2.08. The molecule has 2 aliphatic rings. The third kappa shape index (κ3) is 4.95. The SMILES string of the molecule is CN(CC1CCCN(C(=O)C2CCCCCC2)C1)S(C)(=O)=O. The van der Waals surface area contributed by atoms with Crippen LogP contribution in [0.1, 0.15) is 51.4 Å². The van der Waals surface area contributed by atoms with Gasteiger partial charge in [-0.1, -0.05) is 25.7 Å². The molecular formula is C16H30N2O3S. The summed E-state index contributed by atoms with van der Waals surface area (Å²) in [4.78, 5) is 14.7. The maximum Gasteiger partial charge on any atom is 0.225 e. The van der Waals surface area contributed by atoms with Crippen LogP contribution in [0.5, 0.6) is 0 Å². The summed E-state index contributed by atoms with van der Waals surface area (Å²) in [6.07, 6.45) is 10.2. The first-order chi connectivity index (χ1) is 10.4. The van der Waals surface area contributed by atoms with Crippen molar-refractivity contribution in [3.63, 3.8) is 0 Å². The molecule has 1 atom stereocenters. The molecule has 1 saturated heterocycles. The second-order valence-corrected chi connectivity index (χ2v) is 9.11. The van der Waals surface area contributed by atoms with E-state index in [1.54, 1.807) is 7.05 Å². The molecule has 1 unspecified atom stereocenters. The average molecular weight is 330 g/mol. The fraction of sp³-hybridized carbons (Fsp3) is 0.938. The largest absolute Gasteiger partial charge is 0.342 e. The number of amides is 1. The number of carbonyl (C=O) groups excluding carboxylic acids is 1. The van der Waals surface area contributed by atoms with Gasteiger partial charge in [0.2, 0.25) is 15.9 Å². The lowest BCUT2D eigenvalue weighted by atomic mass is 9.94. The predicted octanol–water partition coefficient (Wildman–Crippen LogP) is 2.09. The molecular weight excluding hydrogens is 300 g/mol. The second kappa shape index (κ2) is 7.77. The molecule has 128 valence electrons.